The summed E-state index contributed by atoms with van der Waals surface area (Å²) in [5.74, 6) is 1.84. The Morgan fingerprint density at radius 1 is 1.14 bits per heavy atom. The maximum Gasteiger partial charge on any atom is -0.0208 e. The zero-order valence-electron chi connectivity index (χ0n) is 9.81. The molecule has 2 aliphatic carbocycles. The van der Waals surface area contributed by atoms with E-state index in [1.165, 1.54) is 50.5 Å². The van der Waals surface area contributed by atoms with Crippen molar-refractivity contribution < 1.29 is 0 Å². The van der Waals surface area contributed by atoms with Crippen molar-refractivity contribution in [2.75, 3.05) is 0 Å². The average Bonchev–Trinajstić information content (AvgIpc) is 2.48. The molecule has 0 aromatic rings. The molecule has 1 unspecified atom stereocenters. The molecule has 1 spiro atoms. The fourth-order valence-electron chi connectivity index (χ4n) is 3.67. The van der Waals surface area contributed by atoms with Crippen molar-refractivity contribution in [3.63, 3.8) is 0 Å². The summed E-state index contributed by atoms with van der Waals surface area (Å²) in [5.41, 5.74) is 2.19. The molecule has 80 valence electrons. The van der Waals surface area contributed by atoms with E-state index in [4.69, 9.17) is 0 Å². The summed E-state index contributed by atoms with van der Waals surface area (Å²) in [6, 6.07) is 0. The van der Waals surface area contributed by atoms with E-state index in [-0.39, 0.29) is 0 Å². The van der Waals surface area contributed by atoms with E-state index in [0.29, 0.717) is 0 Å². The van der Waals surface area contributed by atoms with Crippen LogP contribution in [0.25, 0.3) is 0 Å². The second-order valence-corrected chi connectivity index (χ2v) is 5.97. The topological polar surface area (TPSA) is 0 Å². The van der Waals surface area contributed by atoms with Gasteiger partial charge in [-0.15, -0.1) is 0 Å². The first-order valence-electron chi connectivity index (χ1n) is 6.27. The fourth-order valence-corrected chi connectivity index (χ4v) is 3.67. The van der Waals surface area contributed by atoms with Crippen molar-refractivity contribution in [2.24, 2.45) is 17.3 Å². The van der Waals surface area contributed by atoms with E-state index in [0.717, 1.165) is 17.3 Å². The average molecular weight is 192 g/mol. The lowest BCUT2D eigenvalue weighted by molar-refractivity contribution is 0.163. The van der Waals surface area contributed by atoms with Gasteiger partial charge in [-0.25, -0.2) is 0 Å². The Labute approximate surface area is 88.8 Å². The van der Waals surface area contributed by atoms with E-state index in [1.54, 1.807) is 0 Å². The van der Waals surface area contributed by atoms with Crippen LogP contribution in [-0.2, 0) is 0 Å². The molecular weight excluding hydrogens is 168 g/mol. The lowest BCUT2D eigenvalue weighted by atomic mass is 9.68. The van der Waals surface area contributed by atoms with Gasteiger partial charge in [-0.1, -0.05) is 25.5 Å². The largest absolute Gasteiger partial charge is 0.0999 e. The van der Waals surface area contributed by atoms with Gasteiger partial charge >= 0.3 is 0 Å². The Kier molecular flexibility index (Phi) is 2.72. The van der Waals surface area contributed by atoms with Gasteiger partial charge in [-0.05, 0) is 62.7 Å². The molecule has 0 amide bonds. The van der Waals surface area contributed by atoms with Gasteiger partial charge < -0.3 is 0 Å². The van der Waals surface area contributed by atoms with Crippen molar-refractivity contribution in [3.8, 4) is 0 Å². The van der Waals surface area contributed by atoms with Crippen LogP contribution in [0, 0.1) is 17.3 Å². The first kappa shape index (κ1) is 10.3. The molecule has 0 bridgehead atoms. The summed E-state index contributed by atoms with van der Waals surface area (Å²) >= 11 is 0. The second kappa shape index (κ2) is 3.72. The third kappa shape index (κ3) is 1.89. The summed E-state index contributed by atoms with van der Waals surface area (Å²) in [6.07, 6.45) is 10.3. The second-order valence-electron chi connectivity index (χ2n) is 5.97. The number of hydrogen-bond donors (Lipinski definition) is 0. The summed E-state index contributed by atoms with van der Waals surface area (Å²) in [7, 11) is 0. The predicted octanol–water partition coefficient (Wildman–Crippen LogP) is 4.56. The summed E-state index contributed by atoms with van der Waals surface area (Å²) in [4.78, 5) is 0. The minimum absolute atomic E-state index is 0.769. The van der Waals surface area contributed by atoms with Gasteiger partial charge in [0.2, 0.25) is 0 Å². The van der Waals surface area contributed by atoms with Gasteiger partial charge in [-0.3, -0.25) is 0 Å². The maximum absolute atomic E-state index is 4.11. The zero-order chi connectivity index (χ0) is 10.2. The molecule has 0 saturated heterocycles. The van der Waals surface area contributed by atoms with E-state index < -0.39 is 0 Å². The van der Waals surface area contributed by atoms with E-state index >= 15 is 0 Å². The van der Waals surface area contributed by atoms with Crippen molar-refractivity contribution in [1.29, 1.82) is 0 Å². The predicted molar refractivity (Wildman–Crippen MR) is 62.2 cm³/mol. The van der Waals surface area contributed by atoms with Crippen LogP contribution in [0.3, 0.4) is 0 Å². The highest BCUT2D eigenvalue weighted by Gasteiger charge is 2.40. The van der Waals surface area contributed by atoms with Crippen LogP contribution in [0.4, 0.5) is 0 Å². The Bertz CT molecular complexity index is 218. The van der Waals surface area contributed by atoms with E-state index in [9.17, 15) is 0 Å². The van der Waals surface area contributed by atoms with Crippen molar-refractivity contribution >= 4 is 0 Å². The van der Waals surface area contributed by atoms with Crippen molar-refractivity contribution in [2.45, 2.75) is 58.8 Å². The molecule has 0 heterocycles. The van der Waals surface area contributed by atoms with Crippen LogP contribution in [0.1, 0.15) is 58.8 Å². The minimum Gasteiger partial charge on any atom is -0.0999 e. The first-order valence-corrected chi connectivity index (χ1v) is 6.27. The molecule has 2 aliphatic rings. The van der Waals surface area contributed by atoms with Crippen LogP contribution >= 0.6 is 0 Å². The number of hydrogen-bond acceptors (Lipinski definition) is 0. The van der Waals surface area contributed by atoms with Crippen molar-refractivity contribution in [1.82, 2.24) is 0 Å². The molecule has 0 aromatic heterocycles. The van der Waals surface area contributed by atoms with Gasteiger partial charge in [0.1, 0.15) is 0 Å². The van der Waals surface area contributed by atoms with Crippen LogP contribution in [0.2, 0.25) is 0 Å². The third-order valence-corrected chi connectivity index (χ3v) is 4.69. The highest BCUT2D eigenvalue weighted by atomic mass is 14.4. The molecule has 0 nitrogen and oxygen atoms in total. The maximum atomic E-state index is 4.11. The first-order chi connectivity index (χ1) is 6.61. The Hall–Kier alpha value is -0.260. The van der Waals surface area contributed by atoms with Crippen LogP contribution in [0.5, 0.6) is 0 Å². The molecule has 2 fully saturated rings. The molecular formula is C14H24. The number of allylic oxidation sites excluding steroid dienone is 1. The smallest absolute Gasteiger partial charge is 0.0208 e. The normalized spacial score (nSPS) is 43.0. The molecule has 0 heteroatoms. The monoisotopic (exact) mass is 192 g/mol. The van der Waals surface area contributed by atoms with Crippen LogP contribution < -0.4 is 0 Å². The standard InChI is InChI=1S/C14H24/c1-11(2)13-5-8-14(9-6-13)7-4-12(3)10-14/h12-13H,1,4-10H2,2-3H3. The Balaban J connectivity index is 1.92. The minimum atomic E-state index is 0.769. The summed E-state index contributed by atoms with van der Waals surface area (Å²) in [5, 5.41) is 0. The highest BCUT2D eigenvalue weighted by molar-refractivity contribution is 5.01. The van der Waals surface area contributed by atoms with Crippen LogP contribution in [-0.4, -0.2) is 0 Å². The Morgan fingerprint density at radius 3 is 2.14 bits per heavy atom. The van der Waals surface area contributed by atoms with Gasteiger partial charge in [0, 0.05) is 0 Å². The SMILES string of the molecule is C=C(C)C1CCC2(CCC(C)C2)CC1. The quantitative estimate of drug-likeness (QED) is 0.534. The van der Waals surface area contributed by atoms with Crippen molar-refractivity contribution in [3.05, 3.63) is 12.2 Å². The fraction of sp³-hybridized carbons (Fsp3) is 0.857. The molecule has 0 radical (unpaired) electrons. The molecule has 2 saturated carbocycles. The molecule has 14 heavy (non-hydrogen) atoms. The molecule has 0 aromatic carbocycles. The molecule has 0 N–H and O–H groups in total. The van der Waals surface area contributed by atoms with Crippen LogP contribution in [0.15, 0.2) is 12.2 Å². The third-order valence-electron chi connectivity index (χ3n) is 4.69. The highest BCUT2D eigenvalue weighted by Crippen LogP contribution is 2.52. The van der Waals surface area contributed by atoms with Gasteiger partial charge in [0.05, 0.1) is 0 Å². The summed E-state index contributed by atoms with van der Waals surface area (Å²) in [6.45, 7) is 8.75. The van der Waals surface area contributed by atoms with Gasteiger partial charge in [0.15, 0.2) is 0 Å². The lowest BCUT2D eigenvalue weighted by Gasteiger charge is -2.37. The lowest BCUT2D eigenvalue weighted by Crippen LogP contribution is -2.25. The van der Waals surface area contributed by atoms with E-state index in [2.05, 4.69) is 20.4 Å². The Morgan fingerprint density at radius 2 is 1.71 bits per heavy atom. The molecule has 2 rings (SSSR count). The molecule has 1 atom stereocenters. The zero-order valence-corrected chi connectivity index (χ0v) is 9.81. The van der Waals surface area contributed by atoms with Gasteiger partial charge in [-0.2, -0.15) is 0 Å². The number of rotatable bonds is 1. The van der Waals surface area contributed by atoms with Gasteiger partial charge in [0.25, 0.3) is 0 Å². The summed E-state index contributed by atoms with van der Waals surface area (Å²) < 4.78 is 0. The molecule has 0 aliphatic heterocycles. The van der Waals surface area contributed by atoms with E-state index in [1.807, 2.05) is 0 Å².